The number of nitrogens with zero attached hydrogens (tertiary/aromatic N) is 1. The van der Waals surface area contributed by atoms with Crippen LogP contribution >= 0.6 is 11.6 Å². The first-order valence-electron chi connectivity index (χ1n) is 9.97. The maximum atomic E-state index is 13.1. The molecule has 0 fully saturated rings. The van der Waals surface area contributed by atoms with E-state index in [9.17, 15) is 14.4 Å². The zero-order valence-corrected chi connectivity index (χ0v) is 18.0. The molecule has 1 aromatic carbocycles. The average molecular weight is 421 g/mol. The second kappa shape index (κ2) is 10.4. The highest BCUT2D eigenvalue weighted by Crippen LogP contribution is 2.31. The Kier molecular flexibility index (Phi) is 8.26. The molecule has 1 heterocycles. The smallest absolute Gasteiger partial charge is 0.303 e. The molecule has 2 rings (SSSR count). The van der Waals surface area contributed by atoms with Gasteiger partial charge in [-0.05, 0) is 43.4 Å². The van der Waals surface area contributed by atoms with E-state index in [1.807, 2.05) is 29.8 Å². The molecule has 0 saturated heterocycles. The van der Waals surface area contributed by atoms with Gasteiger partial charge in [0.15, 0.2) is 5.78 Å². The lowest BCUT2D eigenvalue weighted by atomic mass is 9.94. The molecule has 2 N–H and O–H groups in total. The first kappa shape index (κ1) is 22.9. The van der Waals surface area contributed by atoms with Crippen LogP contribution in [-0.4, -0.2) is 33.9 Å². The quantitative estimate of drug-likeness (QED) is 0.417. The molecule has 7 heteroatoms. The van der Waals surface area contributed by atoms with Crippen molar-refractivity contribution < 1.29 is 19.5 Å². The Balaban J connectivity index is 2.22. The number of fused-ring (bicyclic) bond motifs is 1. The Bertz CT molecular complexity index is 904. The summed E-state index contributed by atoms with van der Waals surface area (Å²) in [4.78, 5) is 35.0. The molecule has 0 aliphatic rings. The summed E-state index contributed by atoms with van der Waals surface area (Å²) in [5.74, 6) is -1.20. The third-order valence-corrected chi connectivity index (χ3v) is 5.32. The number of carboxylic acid groups (broad SMARTS) is 1. The molecule has 0 aliphatic carbocycles. The summed E-state index contributed by atoms with van der Waals surface area (Å²) in [5.41, 5.74) is 2.55. The van der Waals surface area contributed by atoms with E-state index in [1.165, 1.54) is 6.92 Å². The topological polar surface area (TPSA) is 88.4 Å². The number of benzene rings is 1. The van der Waals surface area contributed by atoms with E-state index in [-0.39, 0.29) is 30.4 Å². The number of carbonyl (C=O) groups excluding carboxylic acids is 2. The van der Waals surface area contributed by atoms with Gasteiger partial charge in [-0.3, -0.25) is 14.4 Å². The fraction of sp³-hybridized carbons (Fsp3) is 0.500. The van der Waals surface area contributed by atoms with E-state index in [1.54, 1.807) is 6.92 Å². The normalized spacial score (nSPS) is 12.1. The number of aliphatic carboxylic acids is 1. The van der Waals surface area contributed by atoms with Gasteiger partial charge in [0.05, 0.1) is 0 Å². The zero-order chi connectivity index (χ0) is 21.6. The molecule has 0 unspecified atom stereocenters. The van der Waals surface area contributed by atoms with Gasteiger partial charge in [-0.15, -0.1) is 0 Å². The van der Waals surface area contributed by atoms with Gasteiger partial charge < -0.3 is 15.0 Å². The molecule has 0 bridgehead atoms. The van der Waals surface area contributed by atoms with Gasteiger partial charge >= 0.3 is 5.97 Å². The number of halogens is 1. The molecule has 6 nitrogen and oxygen atoms in total. The van der Waals surface area contributed by atoms with Crippen LogP contribution in [0.1, 0.15) is 62.0 Å². The first-order valence-corrected chi connectivity index (χ1v) is 10.3. The van der Waals surface area contributed by atoms with Gasteiger partial charge in [0, 0.05) is 60.5 Å². The number of amides is 1. The van der Waals surface area contributed by atoms with Crippen molar-refractivity contribution in [1.82, 2.24) is 9.88 Å². The summed E-state index contributed by atoms with van der Waals surface area (Å²) in [6.45, 7) is 3.94. The van der Waals surface area contributed by atoms with Gasteiger partial charge in [0.2, 0.25) is 5.91 Å². The summed E-state index contributed by atoms with van der Waals surface area (Å²) in [7, 11) is 1.94. The first-order chi connectivity index (χ1) is 13.7. The van der Waals surface area contributed by atoms with E-state index < -0.39 is 5.97 Å². The van der Waals surface area contributed by atoms with E-state index in [0.717, 1.165) is 42.3 Å². The Labute approximate surface area is 176 Å². The Morgan fingerprint density at radius 3 is 2.55 bits per heavy atom. The maximum Gasteiger partial charge on any atom is 0.303 e. The molecule has 158 valence electrons. The lowest BCUT2D eigenvalue weighted by Crippen LogP contribution is -2.20. The van der Waals surface area contributed by atoms with Crippen LogP contribution in [0.25, 0.3) is 10.9 Å². The Morgan fingerprint density at radius 1 is 1.17 bits per heavy atom. The number of nitrogens with one attached hydrogen (secondary N) is 1. The van der Waals surface area contributed by atoms with Crippen molar-refractivity contribution in [2.75, 3.05) is 6.54 Å². The average Bonchev–Trinajstić information content (AvgIpc) is 2.88. The number of aromatic nitrogens is 1. The van der Waals surface area contributed by atoms with Crippen LogP contribution in [0.2, 0.25) is 5.02 Å². The summed E-state index contributed by atoms with van der Waals surface area (Å²) < 4.78 is 2.04. The molecular weight excluding hydrogens is 392 g/mol. The number of carboxylic acids is 1. The number of carbonyl (C=O) groups is 3. The minimum Gasteiger partial charge on any atom is -0.481 e. The van der Waals surface area contributed by atoms with E-state index in [0.29, 0.717) is 17.1 Å². The molecule has 0 spiro atoms. The fourth-order valence-electron chi connectivity index (χ4n) is 3.72. The SMILES string of the molecule is CC(=O)NCCCCCc1c(C(=O)C[C@H](C)CC(=O)O)c2cc(Cl)ccc2n1C. The predicted octanol–water partition coefficient (Wildman–Crippen LogP) is 4.36. The number of hydrogen-bond acceptors (Lipinski definition) is 3. The molecule has 1 atom stereocenters. The van der Waals surface area contributed by atoms with Gasteiger partial charge in [0.1, 0.15) is 0 Å². The largest absolute Gasteiger partial charge is 0.481 e. The second-order valence-electron chi connectivity index (χ2n) is 7.67. The van der Waals surface area contributed by atoms with E-state index in [2.05, 4.69) is 5.32 Å². The molecule has 2 aromatic rings. The Hall–Kier alpha value is -2.34. The second-order valence-corrected chi connectivity index (χ2v) is 8.10. The van der Waals surface area contributed by atoms with Gasteiger partial charge in [-0.25, -0.2) is 0 Å². The number of ketones is 1. The van der Waals surface area contributed by atoms with Crippen LogP contribution in [0, 0.1) is 5.92 Å². The van der Waals surface area contributed by atoms with Crippen molar-refractivity contribution in [3.63, 3.8) is 0 Å². The number of hydrogen-bond donors (Lipinski definition) is 2. The van der Waals surface area contributed by atoms with E-state index >= 15 is 0 Å². The minimum absolute atomic E-state index is 0.0288. The monoisotopic (exact) mass is 420 g/mol. The summed E-state index contributed by atoms with van der Waals surface area (Å²) >= 11 is 6.19. The Morgan fingerprint density at radius 2 is 1.90 bits per heavy atom. The maximum absolute atomic E-state index is 13.1. The third-order valence-electron chi connectivity index (χ3n) is 5.08. The molecule has 0 saturated carbocycles. The van der Waals surface area contributed by atoms with Crippen LogP contribution < -0.4 is 5.32 Å². The van der Waals surface area contributed by atoms with Crippen LogP contribution in [0.3, 0.4) is 0 Å². The number of Topliss-reactive ketones (excluding diaryl/α,β-unsaturated/α-hetero) is 1. The lowest BCUT2D eigenvalue weighted by Gasteiger charge is -2.11. The third kappa shape index (κ3) is 6.32. The summed E-state index contributed by atoms with van der Waals surface area (Å²) in [6, 6.07) is 5.53. The van der Waals surface area contributed by atoms with Crippen molar-refractivity contribution in [2.24, 2.45) is 13.0 Å². The number of rotatable bonds is 11. The van der Waals surface area contributed by atoms with Crippen LogP contribution in [-0.2, 0) is 23.1 Å². The number of aryl methyl sites for hydroxylation is 1. The highest BCUT2D eigenvalue weighted by Gasteiger charge is 2.23. The number of unbranched alkanes of at least 4 members (excludes halogenated alkanes) is 2. The van der Waals surface area contributed by atoms with Gasteiger partial charge in [-0.2, -0.15) is 0 Å². The molecule has 29 heavy (non-hydrogen) atoms. The summed E-state index contributed by atoms with van der Waals surface area (Å²) in [6.07, 6.45) is 3.60. The predicted molar refractivity (Wildman–Crippen MR) is 115 cm³/mol. The van der Waals surface area contributed by atoms with Gasteiger partial charge in [-0.1, -0.05) is 24.9 Å². The minimum atomic E-state index is -0.898. The molecule has 0 radical (unpaired) electrons. The highest BCUT2D eigenvalue weighted by molar-refractivity contribution is 6.31. The molecular formula is C22H29ClN2O4. The zero-order valence-electron chi connectivity index (χ0n) is 17.3. The molecule has 1 aromatic heterocycles. The highest BCUT2D eigenvalue weighted by atomic mass is 35.5. The van der Waals surface area contributed by atoms with E-state index in [4.69, 9.17) is 16.7 Å². The fourth-order valence-corrected chi connectivity index (χ4v) is 3.89. The van der Waals surface area contributed by atoms with Crippen molar-refractivity contribution in [1.29, 1.82) is 0 Å². The standard InChI is InChI=1S/C22H29ClN2O4/c1-14(12-21(28)29)11-20(27)22-17-13-16(23)8-9-18(17)25(3)19(22)7-5-4-6-10-24-15(2)26/h8-9,13-14H,4-7,10-12H2,1-3H3,(H,24,26)(H,28,29)/t14-/m0/s1. The van der Waals surface area contributed by atoms with Crippen LogP contribution in [0.5, 0.6) is 0 Å². The lowest BCUT2D eigenvalue weighted by molar-refractivity contribution is -0.137. The summed E-state index contributed by atoms with van der Waals surface area (Å²) in [5, 5.41) is 13.2. The van der Waals surface area contributed by atoms with Crippen molar-refractivity contribution in [2.45, 2.75) is 52.4 Å². The van der Waals surface area contributed by atoms with Crippen LogP contribution in [0.4, 0.5) is 0 Å². The van der Waals surface area contributed by atoms with Crippen molar-refractivity contribution in [3.05, 3.63) is 34.5 Å². The van der Waals surface area contributed by atoms with Crippen molar-refractivity contribution in [3.8, 4) is 0 Å². The molecule has 0 aliphatic heterocycles. The molecule has 1 amide bonds. The van der Waals surface area contributed by atoms with Crippen molar-refractivity contribution >= 4 is 40.2 Å². The van der Waals surface area contributed by atoms with Gasteiger partial charge in [0.25, 0.3) is 0 Å². The van der Waals surface area contributed by atoms with Crippen LogP contribution in [0.15, 0.2) is 18.2 Å².